The topological polar surface area (TPSA) is 87.9 Å². The van der Waals surface area contributed by atoms with E-state index in [4.69, 9.17) is 27.8 Å². The quantitative estimate of drug-likeness (QED) is 0.495. The second-order valence-corrected chi connectivity index (χ2v) is 3.72. The second-order valence-electron chi connectivity index (χ2n) is 3.72. The van der Waals surface area contributed by atoms with Crippen molar-refractivity contribution in [2.24, 2.45) is 5.73 Å². The van der Waals surface area contributed by atoms with Crippen molar-refractivity contribution >= 4 is 19.8 Å². The van der Waals surface area contributed by atoms with Gasteiger partial charge in [0.2, 0.25) is 0 Å². The fourth-order valence-corrected chi connectivity index (χ4v) is 1.51. The number of esters is 2. The highest BCUT2D eigenvalue weighted by molar-refractivity contribution is 6.11. The molecule has 1 unspecified atom stereocenters. The van der Waals surface area contributed by atoms with Crippen LogP contribution >= 0.6 is 0 Å². The first-order valence-electron chi connectivity index (χ1n) is 5.53. The Balaban J connectivity index is 2.44. The van der Waals surface area contributed by atoms with Crippen LogP contribution in [0.15, 0.2) is 0 Å². The van der Waals surface area contributed by atoms with Gasteiger partial charge in [-0.15, -0.1) is 0 Å². The van der Waals surface area contributed by atoms with Gasteiger partial charge in [0.1, 0.15) is 26.7 Å². The van der Waals surface area contributed by atoms with E-state index in [0.717, 1.165) is 0 Å². The van der Waals surface area contributed by atoms with E-state index in [-0.39, 0.29) is 25.5 Å². The number of nitrogens with two attached hydrogens (primary N) is 1. The smallest absolute Gasteiger partial charge is 0.319 e. The summed E-state index contributed by atoms with van der Waals surface area (Å²) in [6.07, 6.45) is -0.309. The molecule has 0 aromatic rings. The Morgan fingerprint density at radius 2 is 2.18 bits per heavy atom. The summed E-state index contributed by atoms with van der Waals surface area (Å²) in [6, 6.07) is -0.508. The minimum absolute atomic E-state index is 0.00854. The number of carbonyl (C=O) groups excluding carboxylic acids is 2. The summed E-state index contributed by atoms with van der Waals surface area (Å²) >= 11 is 0. The number of ether oxygens (including phenoxy) is 3. The summed E-state index contributed by atoms with van der Waals surface area (Å²) in [5, 5.41) is 0. The Morgan fingerprint density at radius 1 is 1.47 bits per heavy atom. The molecule has 2 N–H and O–H groups in total. The maximum absolute atomic E-state index is 11.2. The normalized spacial score (nSPS) is 27.8. The zero-order valence-corrected chi connectivity index (χ0v) is 9.76. The lowest BCUT2D eigenvalue weighted by molar-refractivity contribution is -0.156. The molecule has 0 bridgehead atoms. The minimum atomic E-state index is -0.533. The third kappa shape index (κ3) is 4.36. The Bertz CT molecular complexity index is 286. The Labute approximate surface area is 101 Å². The van der Waals surface area contributed by atoms with Crippen molar-refractivity contribution in [1.82, 2.24) is 0 Å². The van der Waals surface area contributed by atoms with Crippen LogP contribution < -0.4 is 5.73 Å². The van der Waals surface area contributed by atoms with E-state index in [1.807, 2.05) is 0 Å². The maximum atomic E-state index is 11.2. The van der Waals surface area contributed by atoms with E-state index in [9.17, 15) is 9.59 Å². The van der Waals surface area contributed by atoms with Crippen LogP contribution in [0.5, 0.6) is 0 Å². The van der Waals surface area contributed by atoms with E-state index in [2.05, 4.69) is 0 Å². The Morgan fingerprint density at radius 3 is 2.76 bits per heavy atom. The molecule has 94 valence electrons. The van der Waals surface area contributed by atoms with E-state index in [1.165, 1.54) is 0 Å². The molecule has 1 aliphatic rings. The highest BCUT2D eigenvalue weighted by atomic mass is 16.6. The molecule has 0 amide bonds. The summed E-state index contributed by atoms with van der Waals surface area (Å²) in [7, 11) is 5.59. The summed E-state index contributed by atoms with van der Waals surface area (Å²) in [5.41, 5.74) is 5.10. The van der Waals surface area contributed by atoms with E-state index in [0.29, 0.717) is 6.42 Å². The minimum Gasteiger partial charge on any atom is -0.462 e. The molecule has 17 heavy (non-hydrogen) atoms. The molecule has 1 fully saturated rings. The molecule has 1 saturated heterocycles. The summed E-state index contributed by atoms with van der Waals surface area (Å²) in [4.78, 5) is 22.1. The molecule has 1 aliphatic heterocycles. The van der Waals surface area contributed by atoms with E-state index in [1.54, 1.807) is 6.92 Å². The number of rotatable bonds is 5. The number of hydrogen-bond donors (Lipinski definition) is 1. The molecule has 3 atom stereocenters. The lowest BCUT2D eigenvalue weighted by atomic mass is 9.96. The van der Waals surface area contributed by atoms with Gasteiger partial charge in [-0.05, 0) is 0 Å². The fraction of sp³-hybridized carbons (Fsp3) is 0.800. The van der Waals surface area contributed by atoms with Gasteiger partial charge in [0.15, 0.2) is 0 Å². The standard InChI is InChI=1S/C10H16BNO5/c1-2-9(13)17-6-3-8(11)16-7(6)5-15-10(14)4-12/h6-8H,2-5,12H2,1H3/t6?,7-,8-/m0/s1. The number of hydrogen-bond acceptors (Lipinski definition) is 6. The van der Waals surface area contributed by atoms with Gasteiger partial charge in [-0.1, -0.05) is 6.92 Å². The van der Waals surface area contributed by atoms with Crippen molar-refractivity contribution in [3.63, 3.8) is 0 Å². The van der Waals surface area contributed by atoms with Gasteiger partial charge in [-0.2, -0.15) is 0 Å². The summed E-state index contributed by atoms with van der Waals surface area (Å²) < 4.78 is 15.3. The first-order valence-corrected chi connectivity index (χ1v) is 5.53. The van der Waals surface area contributed by atoms with Crippen LogP contribution in [0.4, 0.5) is 0 Å². The van der Waals surface area contributed by atoms with Crippen LogP contribution in [0.1, 0.15) is 19.8 Å². The van der Waals surface area contributed by atoms with Gasteiger partial charge < -0.3 is 19.9 Å². The van der Waals surface area contributed by atoms with Crippen molar-refractivity contribution < 1.29 is 23.8 Å². The predicted molar refractivity (Wildman–Crippen MR) is 59.2 cm³/mol. The van der Waals surface area contributed by atoms with Gasteiger partial charge in [0.25, 0.3) is 0 Å². The molecular weight excluding hydrogens is 225 g/mol. The zero-order valence-electron chi connectivity index (χ0n) is 9.76. The van der Waals surface area contributed by atoms with E-state index >= 15 is 0 Å². The van der Waals surface area contributed by atoms with E-state index < -0.39 is 24.2 Å². The third-order valence-corrected chi connectivity index (χ3v) is 2.38. The van der Waals surface area contributed by atoms with Crippen LogP contribution in [0.25, 0.3) is 0 Å². The lowest BCUT2D eigenvalue weighted by Crippen LogP contribution is -2.33. The first-order chi connectivity index (χ1) is 8.06. The van der Waals surface area contributed by atoms with Crippen molar-refractivity contribution in [3.05, 3.63) is 0 Å². The molecule has 1 heterocycles. The molecule has 6 nitrogen and oxygen atoms in total. The highest BCUT2D eigenvalue weighted by Crippen LogP contribution is 2.22. The highest BCUT2D eigenvalue weighted by Gasteiger charge is 2.36. The maximum Gasteiger partial charge on any atom is 0.319 e. The average Bonchev–Trinajstić information content (AvgIpc) is 2.66. The van der Waals surface area contributed by atoms with Crippen molar-refractivity contribution in [2.45, 2.75) is 38.0 Å². The van der Waals surface area contributed by atoms with Gasteiger partial charge in [0.05, 0.1) is 6.54 Å². The summed E-state index contributed by atoms with van der Waals surface area (Å²) in [5.74, 6) is -0.863. The predicted octanol–water partition coefficient (Wildman–Crippen LogP) is -0.906. The average molecular weight is 241 g/mol. The molecule has 0 aliphatic carbocycles. The van der Waals surface area contributed by atoms with Gasteiger partial charge >= 0.3 is 11.9 Å². The van der Waals surface area contributed by atoms with Crippen LogP contribution in [-0.4, -0.2) is 51.1 Å². The SMILES string of the molecule is [B][C@@H]1CC(OC(=O)CC)[C@H](COC(=O)CN)O1. The van der Waals surface area contributed by atoms with Gasteiger partial charge in [-0.25, -0.2) is 0 Å². The Kier molecular flexibility index (Phi) is 5.44. The number of carbonyl (C=O) groups is 2. The lowest BCUT2D eigenvalue weighted by Gasteiger charge is -2.18. The molecule has 0 aromatic carbocycles. The molecular formula is C10H16BNO5. The van der Waals surface area contributed by atoms with Crippen molar-refractivity contribution in [3.8, 4) is 0 Å². The first kappa shape index (κ1) is 14.0. The molecule has 1 rings (SSSR count). The van der Waals surface area contributed by atoms with Gasteiger partial charge in [-0.3, -0.25) is 9.59 Å². The van der Waals surface area contributed by atoms with Crippen LogP contribution in [-0.2, 0) is 23.8 Å². The van der Waals surface area contributed by atoms with Crippen molar-refractivity contribution in [1.29, 1.82) is 0 Å². The molecule has 0 saturated carbocycles. The van der Waals surface area contributed by atoms with Crippen LogP contribution in [0.2, 0.25) is 0 Å². The second kappa shape index (κ2) is 6.61. The largest absolute Gasteiger partial charge is 0.462 e. The van der Waals surface area contributed by atoms with Crippen LogP contribution in [0.3, 0.4) is 0 Å². The zero-order chi connectivity index (χ0) is 12.8. The van der Waals surface area contributed by atoms with Crippen molar-refractivity contribution in [2.75, 3.05) is 13.2 Å². The monoisotopic (exact) mass is 241 g/mol. The third-order valence-electron chi connectivity index (χ3n) is 2.38. The molecule has 2 radical (unpaired) electrons. The van der Waals surface area contributed by atoms with Crippen LogP contribution in [0, 0.1) is 0 Å². The fourth-order valence-electron chi connectivity index (χ4n) is 1.51. The molecule has 7 heteroatoms. The molecule has 0 aromatic heterocycles. The Hall–Kier alpha value is -1.08. The van der Waals surface area contributed by atoms with Gasteiger partial charge in [0, 0.05) is 18.8 Å². The summed E-state index contributed by atoms with van der Waals surface area (Å²) in [6.45, 7) is 1.49. The molecule has 0 spiro atoms.